The summed E-state index contributed by atoms with van der Waals surface area (Å²) in [5.74, 6) is 0. The highest BCUT2D eigenvalue weighted by atomic mass is 16.3. The standard InChI is InChI=1S/C56H32O2/c1-2-12-40-33(10-1)11-9-18-42(40)55-45-16-5-3-14-43(45)54(44-15-4-6-17-46(44)55)39-23-22-34-28-35(20-21-36(34)29-39)37-25-27-52-49(30-37)50-31-38-24-26-47-41-13-7-8-19-51(41)58-56(47)48(38)32-53(50)57-52/h1-32H. The van der Waals surface area contributed by atoms with Gasteiger partial charge in [-0.15, -0.1) is 0 Å². The van der Waals surface area contributed by atoms with Crippen molar-refractivity contribution < 1.29 is 8.83 Å². The van der Waals surface area contributed by atoms with E-state index in [1.165, 1.54) is 70.9 Å². The van der Waals surface area contributed by atoms with Crippen molar-refractivity contribution in [2.24, 2.45) is 0 Å². The maximum absolute atomic E-state index is 6.47. The molecule has 0 amide bonds. The van der Waals surface area contributed by atoms with Crippen LogP contribution in [-0.2, 0) is 0 Å². The average Bonchev–Trinajstić information content (AvgIpc) is 3.85. The van der Waals surface area contributed by atoms with Gasteiger partial charge in [-0.25, -0.2) is 0 Å². The highest BCUT2D eigenvalue weighted by Crippen LogP contribution is 2.46. The molecule has 2 heterocycles. The molecule has 13 rings (SSSR count). The van der Waals surface area contributed by atoms with Crippen molar-refractivity contribution in [3.8, 4) is 33.4 Å². The molecule has 13 aromatic rings. The molecule has 0 saturated carbocycles. The lowest BCUT2D eigenvalue weighted by atomic mass is 9.84. The van der Waals surface area contributed by atoms with Gasteiger partial charge in [0, 0.05) is 26.9 Å². The maximum atomic E-state index is 6.47. The molecule has 0 atom stereocenters. The molecule has 0 aliphatic heterocycles. The highest BCUT2D eigenvalue weighted by molar-refractivity contribution is 6.24. The Bertz CT molecular complexity index is 3800. The Morgan fingerprint density at radius 2 is 0.810 bits per heavy atom. The van der Waals surface area contributed by atoms with E-state index in [-0.39, 0.29) is 0 Å². The van der Waals surface area contributed by atoms with Crippen LogP contribution in [0.1, 0.15) is 0 Å². The van der Waals surface area contributed by atoms with Gasteiger partial charge >= 0.3 is 0 Å². The molecule has 0 aliphatic carbocycles. The Labute approximate surface area is 332 Å². The summed E-state index contributed by atoms with van der Waals surface area (Å²) in [7, 11) is 0. The van der Waals surface area contributed by atoms with Gasteiger partial charge in [-0.2, -0.15) is 0 Å². The number of benzene rings is 11. The summed E-state index contributed by atoms with van der Waals surface area (Å²) >= 11 is 0. The monoisotopic (exact) mass is 736 g/mol. The van der Waals surface area contributed by atoms with E-state index < -0.39 is 0 Å². The number of rotatable bonds is 3. The van der Waals surface area contributed by atoms with Crippen LogP contribution in [0.25, 0.3) is 131 Å². The zero-order chi connectivity index (χ0) is 37.9. The fourth-order valence-electron chi connectivity index (χ4n) is 9.71. The van der Waals surface area contributed by atoms with E-state index >= 15 is 0 Å². The van der Waals surface area contributed by atoms with Gasteiger partial charge in [0.25, 0.3) is 0 Å². The summed E-state index contributed by atoms with van der Waals surface area (Å²) < 4.78 is 12.8. The first-order valence-corrected chi connectivity index (χ1v) is 19.9. The second-order valence-electron chi connectivity index (χ2n) is 15.6. The normalized spacial score (nSPS) is 12.1. The van der Waals surface area contributed by atoms with Crippen LogP contribution in [0.3, 0.4) is 0 Å². The smallest absolute Gasteiger partial charge is 0.143 e. The van der Waals surface area contributed by atoms with Crippen molar-refractivity contribution in [2.75, 3.05) is 0 Å². The quantitative estimate of drug-likeness (QED) is 0.169. The largest absolute Gasteiger partial charge is 0.456 e. The first-order valence-electron chi connectivity index (χ1n) is 19.9. The molecule has 2 aromatic heterocycles. The molecular weight excluding hydrogens is 705 g/mol. The number of hydrogen-bond donors (Lipinski definition) is 0. The minimum absolute atomic E-state index is 0.865. The molecule has 0 fully saturated rings. The van der Waals surface area contributed by atoms with Crippen molar-refractivity contribution in [2.45, 2.75) is 0 Å². The molecule has 268 valence electrons. The molecule has 11 aromatic carbocycles. The Hall–Kier alpha value is -7.68. The first-order chi connectivity index (χ1) is 28.7. The predicted octanol–water partition coefficient (Wildman–Crippen LogP) is 16.3. The summed E-state index contributed by atoms with van der Waals surface area (Å²) in [5, 5.41) is 16.7. The number of hydrogen-bond acceptors (Lipinski definition) is 2. The number of para-hydroxylation sites is 1. The maximum Gasteiger partial charge on any atom is 0.143 e. The Morgan fingerprint density at radius 1 is 0.241 bits per heavy atom. The van der Waals surface area contributed by atoms with Gasteiger partial charge in [-0.05, 0) is 130 Å². The molecule has 0 N–H and O–H groups in total. The van der Waals surface area contributed by atoms with Crippen LogP contribution in [0, 0.1) is 0 Å². The van der Waals surface area contributed by atoms with Gasteiger partial charge in [0.15, 0.2) is 0 Å². The summed E-state index contributed by atoms with van der Waals surface area (Å²) in [5.41, 5.74) is 10.9. The molecule has 0 bridgehead atoms. The van der Waals surface area contributed by atoms with Gasteiger partial charge in [0.05, 0.1) is 0 Å². The SMILES string of the molecule is c1ccc2c(-c3c4ccccc4c(-c4ccc5cc(-c6ccc7oc8cc9c(ccc%10c%11ccccc%11oc9%10)cc8c7c6)ccc5c4)c4ccccc34)cccc2c1. The predicted molar refractivity (Wildman–Crippen MR) is 245 cm³/mol. The summed E-state index contributed by atoms with van der Waals surface area (Å²) in [6.45, 7) is 0. The highest BCUT2D eigenvalue weighted by Gasteiger charge is 2.19. The van der Waals surface area contributed by atoms with Crippen molar-refractivity contribution in [3.63, 3.8) is 0 Å². The minimum Gasteiger partial charge on any atom is -0.456 e. The molecule has 0 radical (unpaired) electrons. The van der Waals surface area contributed by atoms with Crippen LogP contribution < -0.4 is 0 Å². The fourth-order valence-corrected chi connectivity index (χ4v) is 9.71. The third kappa shape index (κ3) is 4.54. The average molecular weight is 737 g/mol. The molecule has 2 nitrogen and oxygen atoms in total. The zero-order valence-electron chi connectivity index (χ0n) is 31.3. The Balaban J connectivity index is 0.931. The van der Waals surface area contributed by atoms with Crippen molar-refractivity contribution in [3.05, 3.63) is 194 Å². The van der Waals surface area contributed by atoms with E-state index in [2.05, 4.69) is 182 Å². The summed E-state index contributed by atoms with van der Waals surface area (Å²) in [6, 6.07) is 70.6. The van der Waals surface area contributed by atoms with Crippen LogP contribution in [-0.4, -0.2) is 0 Å². The van der Waals surface area contributed by atoms with Gasteiger partial charge in [-0.1, -0.05) is 146 Å². The molecule has 0 aliphatic rings. The molecule has 0 saturated heterocycles. The van der Waals surface area contributed by atoms with E-state index in [0.717, 1.165) is 60.2 Å². The van der Waals surface area contributed by atoms with Gasteiger partial charge in [0.2, 0.25) is 0 Å². The third-order valence-electron chi connectivity index (χ3n) is 12.4. The van der Waals surface area contributed by atoms with Crippen LogP contribution in [0.2, 0.25) is 0 Å². The number of furan rings is 2. The second kappa shape index (κ2) is 11.9. The van der Waals surface area contributed by atoms with Crippen LogP contribution >= 0.6 is 0 Å². The Morgan fingerprint density at radius 3 is 1.60 bits per heavy atom. The Kier molecular flexibility index (Phi) is 6.47. The lowest BCUT2D eigenvalue weighted by Crippen LogP contribution is -1.91. The second-order valence-corrected chi connectivity index (χ2v) is 15.6. The van der Waals surface area contributed by atoms with Crippen LogP contribution in [0.15, 0.2) is 203 Å². The van der Waals surface area contributed by atoms with Gasteiger partial charge < -0.3 is 8.83 Å². The topological polar surface area (TPSA) is 26.3 Å². The first kappa shape index (κ1) is 31.5. The van der Waals surface area contributed by atoms with Crippen molar-refractivity contribution >= 4 is 97.7 Å². The summed E-state index contributed by atoms with van der Waals surface area (Å²) in [6.07, 6.45) is 0. The molecule has 0 spiro atoms. The lowest BCUT2D eigenvalue weighted by Gasteiger charge is -2.19. The van der Waals surface area contributed by atoms with Gasteiger partial charge in [0.1, 0.15) is 22.3 Å². The number of fused-ring (bicyclic) bond motifs is 12. The third-order valence-corrected chi connectivity index (χ3v) is 12.4. The fraction of sp³-hybridized carbons (Fsp3) is 0. The van der Waals surface area contributed by atoms with E-state index in [1.54, 1.807) is 0 Å². The zero-order valence-corrected chi connectivity index (χ0v) is 31.3. The minimum atomic E-state index is 0.865. The molecule has 0 unspecified atom stereocenters. The van der Waals surface area contributed by atoms with Crippen LogP contribution in [0.5, 0.6) is 0 Å². The van der Waals surface area contributed by atoms with Crippen molar-refractivity contribution in [1.82, 2.24) is 0 Å². The van der Waals surface area contributed by atoms with Crippen molar-refractivity contribution in [1.29, 1.82) is 0 Å². The lowest BCUT2D eigenvalue weighted by molar-refractivity contribution is 0.667. The molecule has 2 heteroatoms. The van der Waals surface area contributed by atoms with E-state index in [9.17, 15) is 0 Å². The van der Waals surface area contributed by atoms with Gasteiger partial charge in [-0.3, -0.25) is 0 Å². The summed E-state index contributed by atoms with van der Waals surface area (Å²) in [4.78, 5) is 0. The molecule has 58 heavy (non-hydrogen) atoms. The molecular formula is C56H32O2. The van der Waals surface area contributed by atoms with E-state index in [1.807, 2.05) is 12.1 Å². The van der Waals surface area contributed by atoms with Crippen LogP contribution in [0.4, 0.5) is 0 Å². The van der Waals surface area contributed by atoms with E-state index in [0.29, 0.717) is 0 Å². The van der Waals surface area contributed by atoms with E-state index in [4.69, 9.17) is 8.83 Å².